The molecule has 0 saturated heterocycles. The largest absolute Gasteiger partial charge is 0.330 e. The Kier molecular flexibility index (Phi) is 2.73. The van der Waals surface area contributed by atoms with Crippen LogP contribution in [0.4, 0.5) is 0 Å². The van der Waals surface area contributed by atoms with Crippen LogP contribution < -0.4 is 5.73 Å². The summed E-state index contributed by atoms with van der Waals surface area (Å²) >= 11 is 0. The molecule has 1 aromatic heterocycles. The van der Waals surface area contributed by atoms with Crippen molar-refractivity contribution in [3.63, 3.8) is 0 Å². The topological polar surface area (TPSA) is 43.8 Å². The molecule has 4 saturated carbocycles. The Morgan fingerprint density at radius 3 is 2.42 bits per heavy atom. The molecule has 4 aliphatic carbocycles. The lowest BCUT2D eigenvalue weighted by atomic mass is 9.54. The maximum Gasteiger partial charge on any atom is 0.0576 e. The van der Waals surface area contributed by atoms with Crippen molar-refractivity contribution in [2.24, 2.45) is 29.4 Å². The molecule has 0 spiro atoms. The zero-order valence-electron chi connectivity index (χ0n) is 11.8. The van der Waals surface area contributed by atoms with Crippen molar-refractivity contribution in [1.82, 2.24) is 9.78 Å². The van der Waals surface area contributed by atoms with E-state index in [9.17, 15) is 0 Å². The Morgan fingerprint density at radius 1 is 1.21 bits per heavy atom. The lowest BCUT2D eigenvalue weighted by molar-refractivity contribution is -0.0336. The van der Waals surface area contributed by atoms with E-state index in [1.54, 1.807) is 0 Å². The van der Waals surface area contributed by atoms with E-state index in [0.717, 1.165) is 23.7 Å². The number of hydrogen-bond acceptors (Lipinski definition) is 2. The first-order chi connectivity index (χ1) is 9.24. The van der Waals surface area contributed by atoms with Gasteiger partial charge in [-0.15, -0.1) is 0 Å². The van der Waals surface area contributed by atoms with E-state index in [1.165, 1.54) is 37.7 Å². The fourth-order valence-electron chi connectivity index (χ4n) is 5.23. The van der Waals surface area contributed by atoms with Crippen LogP contribution in [0.15, 0.2) is 12.4 Å². The van der Waals surface area contributed by atoms with Gasteiger partial charge in [0, 0.05) is 6.20 Å². The monoisotopic (exact) mass is 259 g/mol. The molecule has 0 aromatic carbocycles. The average Bonchev–Trinajstić information content (AvgIpc) is 2.86. The molecule has 4 fully saturated rings. The predicted octanol–water partition coefficient (Wildman–Crippen LogP) is 2.94. The zero-order valence-corrected chi connectivity index (χ0v) is 11.8. The van der Waals surface area contributed by atoms with Crippen LogP contribution in [-0.4, -0.2) is 16.3 Å². The third-order valence-electron chi connectivity index (χ3n) is 6.03. The van der Waals surface area contributed by atoms with Crippen molar-refractivity contribution < 1.29 is 0 Å². The molecular formula is C16H25N3. The van der Waals surface area contributed by atoms with Crippen LogP contribution in [-0.2, 0) is 0 Å². The Hall–Kier alpha value is -0.830. The van der Waals surface area contributed by atoms with Crippen LogP contribution in [0.1, 0.15) is 56.6 Å². The average molecular weight is 259 g/mol. The normalized spacial score (nSPS) is 41.7. The lowest BCUT2D eigenvalue weighted by Crippen LogP contribution is -2.46. The summed E-state index contributed by atoms with van der Waals surface area (Å²) in [7, 11) is 0. The van der Waals surface area contributed by atoms with E-state index in [0.29, 0.717) is 18.5 Å². The fraction of sp³-hybridized carbons (Fsp3) is 0.812. The Labute approximate surface area is 115 Å². The predicted molar refractivity (Wildman–Crippen MR) is 75.8 cm³/mol. The molecular weight excluding hydrogens is 234 g/mol. The first kappa shape index (κ1) is 12.0. The minimum Gasteiger partial charge on any atom is -0.330 e. The highest BCUT2D eigenvalue weighted by atomic mass is 15.3. The number of nitrogens with two attached hydrogens (primary N) is 1. The molecule has 19 heavy (non-hydrogen) atoms. The van der Waals surface area contributed by atoms with Crippen LogP contribution in [0.2, 0.25) is 0 Å². The van der Waals surface area contributed by atoms with Gasteiger partial charge in [-0.1, -0.05) is 6.92 Å². The Balaban J connectivity index is 1.60. The minimum atomic E-state index is 0.436. The van der Waals surface area contributed by atoms with Crippen molar-refractivity contribution in [2.75, 3.05) is 6.54 Å². The molecule has 4 aliphatic rings. The summed E-state index contributed by atoms with van der Waals surface area (Å²) in [6, 6.07) is 0.687. The molecule has 5 rings (SSSR count). The van der Waals surface area contributed by atoms with Crippen molar-refractivity contribution in [1.29, 1.82) is 0 Å². The first-order valence-electron chi connectivity index (χ1n) is 7.98. The Bertz CT molecular complexity index is 436. The maximum absolute atomic E-state index is 5.77. The molecule has 1 atom stereocenters. The SMILES string of the molecule is CC(CN)c1cnn(C2C3CC4CC(C3)CC2C4)c1. The third kappa shape index (κ3) is 1.85. The first-order valence-corrected chi connectivity index (χ1v) is 7.98. The highest BCUT2D eigenvalue weighted by Crippen LogP contribution is 2.58. The molecule has 1 unspecified atom stereocenters. The highest BCUT2D eigenvalue weighted by Gasteiger charge is 2.49. The van der Waals surface area contributed by atoms with Crippen molar-refractivity contribution in [3.8, 4) is 0 Å². The molecule has 1 aromatic rings. The van der Waals surface area contributed by atoms with Gasteiger partial charge in [0.05, 0.1) is 12.2 Å². The minimum absolute atomic E-state index is 0.436. The molecule has 3 heteroatoms. The van der Waals surface area contributed by atoms with E-state index in [1.807, 2.05) is 6.20 Å². The van der Waals surface area contributed by atoms with Crippen molar-refractivity contribution in [3.05, 3.63) is 18.0 Å². The van der Waals surface area contributed by atoms with Gasteiger partial charge in [0.15, 0.2) is 0 Å². The van der Waals surface area contributed by atoms with Gasteiger partial charge >= 0.3 is 0 Å². The van der Waals surface area contributed by atoms with Crippen molar-refractivity contribution >= 4 is 0 Å². The molecule has 4 bridgehead atoms. The van der Waals surface area contributed by atoms with Gasteiger partial charge in [-0.2, -0.15) is 5.10 Å². The lowest BCUT2D eigenvalue weighted by Gasteiger charge is -2.54. The summed E-state index contributed by atoms with van der Waals surface area (Å²) in [6.45, 7) is 2.91. The standard InChI is InChI=1S/C16H25N3/c1-10(7-17)15-8-18-19(9-15)16-13-3-11-2-12(5-13)6-14(16)4-11/h8-14,16H,2-7,17H2,1H3. The van der Waals surface area contributed by atoms with Gasteiger partial charge in [-0.05, 0) is 73.8 Å². The van der Waals surface area contributed by atoms with Crippen molar-refractivity contribution in [2.45, 2.75) is 51.0 Å². The van der Waals surface area contributed by atoms with Gasteiger partial charge in [0.1, 0.15) is 0 Å². The van der Waals surface area contributed by atoms with Crippen LogP contribution in [0.25, 0.3) is 0 Å². The summed E-state index contributed by atoms with van der Waals surface area (Å²) in [5.74, 6) is 4.31. The second-order valence-electron chi connectivity index (χ2n) is 7.31. The van der Waals surface area contributed by atoms with E-state index < -0.39 is 0 Å². The molecule has 0 aliphatic heterocycles. The van der Waals surface area contributed by atoms with Crippen LogP contribution >= 0.6 is 0 Å². The van der Waals surface area contributed by atoms with E-state index >= 15 is 0 Å². The van der Waals surface area contributed by atoms with E-state index in [2.05, 4.69) is 17.8 Å². The van der Waals surface area contributed by atoms with Crippen LogP contribution in [0, 0.1) is 23.7 Å². The van der Waals surface area contributed by atoms with Gasteiger partial charge < -0.3 is 5.73 Å². The van der Waals surface area contributed by atoms with Crippen LogP contribution in [0.5, 0.6) is 0 Å². The van der Waals surface area contributed by atoms with E-state index in [-0.39, 0.29) is 0 Å². The highest BCUT2D eigenvalue weighted by molar-refractivity contribution is 5.12. The number of hydrogen-bond donors (Lipinski definition) is 1. The fourth-order valence-corrected chi connectivity index (χ4v) is 5.23. The summed E-state index contributed by atoms with van der Waals surface area (Å²) in [5.41, 5.74) is 7.09. The van der Waals surface area contributed by atoms with Gasteiger partial charge in [0.2, 0.25) is 0 Å². The molecule has 1 heterocycles. The molecule has 3 nitrogen and oxygen atoms in total. The molecule has 104 valence electrons. The van der Waals surface area contributed by atoms with Crippen LogP contribution in [0.3, 0.4) is 0 Å². The molecule has 2 N–H and O–H groups in total. The molecule has 0 amide bonds. The third-order valence-corrected chi connectivity index (χ3v) is 6.03. The summed E-state index contributed by atoms with van der Waals surface area (Å²) in [4.78, 5) is 0. The second kappa shape index (κ2) is 4.34. The summed E-state index contributed by atoms with van der Waals surface area (Å²) in [6.07, 6.45) is 11.7. The van der Waals surface area contributed by atoms with Gasteiger partial charge in [-0.3, -0.25) is 4.68 Å². The summed E-state index contributed by atoms with van der Waals surface area (Å²) < 4.78 is 2.30. The zero-order chi connectivity index (χ0) is 13.0. The maximum atomic E-state index is 5.77. The summed E-state index contributed by atoms with van der Waals surface area (Å²) in [5, 5.41) is 4.69. The number of rotatable bonds is 3. The number of nitrogens with zero attached hydrogens (tertiary/aromatic N) is 2. The Morgan fingerprint density at radius 2 is 1.84 bits per heavy atom. The smallest absolute Gasteiger partial charge is 0.0576 e. The van der Waals surface area contributed by atoms with Gasteiger partial charge in [0.25, 0.3) is 0 Å². The van der Waals surface area contributed by atoms with Gasteiger partial charge in [-0.25, -0.2) is 0 Å². The molecule has 0 radical (unpaired) electrons. The second-order valence-corrected chi connectivity index (χ2v) is 7.31. The van der Waals surface area contributed by atoms with E-state index in [4.69, 9.17) is 10.8 Å². The number of aromatic nitrogens is 2. The quantitative estimate of drug-likeness (QED) is 0.907.